The Hall–Kier alpha value is -1.07. The maximum atomic E-state index is 15.0. The van der Waals surface area contributed by atoms with Crippen LogP contribution in [0.3, 0.4) is 0 Å². The van der Waals surface area contributed by atoms with E-state index in [9.17, 15) is 35.1 Å². The van der Waals surface area contributed by atoms with E-state index in [4.69, 9.17) is 28.4 Å². The molecule has 0 radical (unpaired) electrons. The molecule has 6 rings (SSSR count). The largest absolute Gasteiger partial charge is 0.459 e. The van der Waals surface area contributed by atoms with E-state index in [2.05, 4.69) is 9.24 Å². The van der Waals surface area contributed by atoms with Crippen LogP contribution in [0.5, 0.6) is 0 Å². The fourth-order valence-corrected chi connectivity index (χ4v) is 17.5. The number of likely N-dealkylation sites (N-methyl/N-ethyl adjacent to an activating group) is 1. The number of hydrogen-bond acceptors (Lipinski definition) is 14. The molecule has 0 aromatic carbocycles. The van der Waals surface area contributed by atoms with E-state index in [1.54, 1.807) is 46.4 Å². The van der Waals surface area contributed by atoms with E-state index in [-0.39, 0.29) is 61.4 Å². The first-order valence-corrected chi connectivity index (χ1v) is 32.4. The van der Waals surface area contributed by atoms with Crippen molar-refractivity contribution in [2.75, 3.05) is 27.7 Å². The van der Waals surface area contributed by atoms with E-state index in [1.165, 1.54) is 117 Å². The maximum absolute atomic E-state index is 15.0. The number of unbranched alkanes of at least 4 members (excludes halogenated alkanes) is 2. The molecule has 3 heterocycles. The quantitative estimate of drug-likeness (QED) is 0.0524. The van der Waals surface area contributed by atoms with Gasteiger partial charge in [0.15, 0.2) is 12.6 Å². The first kappa shape index (κ1) is 67.1. The van der Waals surface area contributed by atoms with Crippen molar-refractivity contribution >= 4 is 21.1 Å². The molecule has 0 bridgehead atoms. The summed E-state index contributed by atoms with van der Waals surface area (Å²) in [5.41, 5.74) is -4.76. The smallest absolute Gasteiger partial charge is 0.311 e. The Morgan fingerprint density at radius 2 is 1.39 bits per heavy atom. The third-order valence-electron chi connectivity index (χ3n) is 21.1. The summed E-state index contributed by atoms with van der Waals surface area (Å²) in [6.07, 6.45) is 15.0. The lowest BCUT2D eigenvalue weighted by atomic mass is 9.58. The van der Waals surface area contributed by atoms with Gasteiger partial charge in [-0.25, -0.2) is 0 Å². The lowest BCUT2D eigenvalue weighted by Gasteiger charge is -2.54. The van der Waals surface area contributed by atoms with Gasteiger partial charge in [-0.05, 0) is 155 Å². The van der Waals surface area contributed by atoms with Gasteiger partial charge in [0.2, 0.25) is 5.91 Å². The van der Waals surface area contributed by atoms with Gasteiger partial charge in [-0.2, -0.15) is 0 Å². The van der Waals surface area contributed by atoms with Gasteiger partial charge in [0.25, 0.3) is 0 Å². The zero-order valence-corrected chi connectivity index (χ0v) is 52.8. The molecule has 460 valence electrons. The minimum absolute atomic E-state index is 0.0931. The topological polar surface area (TPSA) is 197 Å². The summed E-state index contributed by atoms with van der Waals surface area (Å²) in [5, 5.41) is 61.2. The highest BCUT2D eigenvalue weighted by atomic mass is 31.0. The molecular weight excluding hydrogens is 1020 g/mol. The number of aliphatic hydroxyl groups is 5. The van der Waals surface area contributed by atoms with Crippen LogP contribution in [-0.4, -0.2) is 170 Å². The van der Waals surface area contributed by atoms with Gasteiger partial charge < -0.3 is 63.8 Å². The monoisotopic (exact) mass is 1140 g/mol. The first-order chi connectivity index (χ1) is 37.2. The fraction of sp³-hybridized carbons (Fsp3) is 0.968. The Morgan fingerprint density at radius 3 is 1.95 bits per heavy atom. The number of carbonyl (C=O) groups excluding carboxylic acids is 2. The highest BCUT2D eigenvalue weighted by molar-refractivity contribution is 7.19. The molecular formula is C63H115N2O13P. The Kier molecular flexibility index (Phi) is 24.9. The highest BCUT2D eigenvalue weighted by Crippen LogP contribution is 2.57. The minimum Gasteiger partial charge on any atom is -0.459 e. The van der Waals surface area contributed by atoms with Gasteiger partial charge in [0, 0.05) is 38.5 Å². The Balaban J connectivity index is 1.29. The number of cyclic esters (lactones) is 1. The third kappa shape index (κ3) is 16.1. The Morgan fingerprint density at radius 1 is 0.810 bits per heavy atom. The number of methoxy groups -OCH3 is 1. The van der Waals surface area contributed by atoms with Crippen molar-refractivity contribution in [3.63, 3.8) is 0 Å². The van der Waals surface area contributed by atoms with Crippen molar-refractivity contribution in [1.29, 1.82) is 0 Å². The molecule has 2 unspecified atom stereocenters. The van der Waals surface area contributed by atoms with Crippen LogP contribution in [0.2, 0.25) is 0 Å². The lowest BCUT2D eigenvalue weighted by molar-refractivity contribution is -0.318. The van der Waals surface area contributed by atoms with E-state index >= 15 is 0 Å². The van der Waals surface area contributed by atoms with Crippen LogP contribution >= 0.6 is 9.24 Å². The van der Waals surface area contributed by atoms with Gasteiger partial charge in [0.1, 0.15) is 30.0 Å². The summed E-state index contributed by atoms with van der Waals surface area (Å²) in [7, 11) is 8.93. The summed E-state index contributed by atoms with van der Waals surface area (Å²) in [6, 6.07) is -1.23. The van der Waals surface area contributed by atoms with Crippen LogP contribution in [0.25, 0.3) is 0 Å². The average Bonchev–Trinajstić information content (AvgIpc) is 3.49. The van der Waals surface area contributed by atoms with Gasteiger partial charge in [-0.3, -0.25) is 9.59 Å². The Bertz CT molecular complexity index is 1840. The first-order valence-electron chi connectivity index (χ1n) is 31.8. The van der Waals surface area contributed by atoms with E-state index < -0.39 is 96.0 Å². The van der Waals surface area contributed by atoms with Gasteiger partial charge in [-0.15, -0.1) is 9.24 Å². The standard InChI is InChI=1S/C63H115N2O13P/c1-14-50-62(10,72)55(68)43(6)65(51(66)34-26-18-25-33-48(45-27-19-15-20-28-45)63(79,46-29-21-16-22-30-46)47-31-23-17-24-32-47)38-39(2)36-60(8,71)57(78-59-53(67)49(64(11)12)35-40(3)74-59)41(4)54(42(5)58(70)76-50)77-52-37-61(9,73-13)56(69)44(7)75-52/h39-50,52-57,59,67-69,71-72H,14-38,79H2,1-13H3/t39-,40-,41+,42-,43-,44+,48?,49+,50-,52+,53-,54+,55-,56+,57-,59+,60-,61-,62-/m1/s1. The number of nitrogens with zero attached hydrogens (tertiary/aromatic N) is 2. The third-order valence-corrected chi connectivity index (χ3v) is 22.5. The number of ether oxygens (including phenoxy) is 6. The van der Waals surface area contributed by atoms with Crippen molar-refractivity contribution in [2.45, 2.75) is 319 Å². The predicted molar refractivity (Wildman–Crippen MR) is 312 cm³/mol. The number of carbonyl (C=O) groups is 2. The van der Waals surface area contributed by atoms with Crippen LogP contribution in [0.15, 0.2) is 0 Å². The van der Waals surface area contributed by atoms with Gasteiger partial charge >= 0.3 is 5.97 Å². The molecule has 5 N–H and O–H groups in total. The molecule has 0 spiro atoms. The summed E-state index contributed by atoms with van der Waals surface area (Å²) < 4.78 is 38.5. The molecule has 15 nitrogen and oxygen atoms in total. The average molecular weight is 1140 g/mol. The Labute approximate surface area is 480 Å². The van der Waals surface area contributed by atoms with E-state index in [0.29, 0.717) is 18.8 Å². The van der Waals surface area contributed by atoms with Crippen LogP contribution in [-0.2, 0) is 38.0 Å². The van der Waals surface area contributed by atoms with Gasteiger partial charge in [0.05, 0.1) is 47.6 Å². The summed E-state index contributed by atoms with van der Waals surface area (Å²) >= 11 is 0. The van der Waals surface area contributed by atoms with Crippen LogP contribution < -0.4 is 0 Å². The fourth-order valence-electron chi connectivity index (χ4n) is 16.4. The molecule has 3 saturated carbocycles. The van der Waals surface area contributed by atoms with Crippen molar-refractivity contribution in [2.24, 2.45) is 41.4 Å². The molecule has 3 saturated heterocycles. The molecule has 6 fully saturated rings. The molecule has 16 heteroatoms. The zero-order chi connectivity index (χ0) is 58.2. The molecule has 0 aromatic heterocycles. The van der Waals surface area contributed by atoms with Crippen molar-refractivity contribution in [3.05, 3.63) is 0 Å². The SMILES string of the molecule is CC[C@H]1OC(=O)[C@H](C)[C@@H](O[C@H]2C[C@@](C)(OC)[C@@H](O)[C@H](C)O2)[C@H](C)[C@@H](O[C@@H]2O[C@H](C)C[C@H](N(C)C)[C@H]2O)[C@](C)(O)C[C@@H](C)CN(C(=O)CCCCCC(C2CCCCC2)C(P)(C2CCCCC2)C2CCCCC2)[C@H](C)[C@@H](O)[C@]1(C)O. The molecule has 0 aromatic rings. The minimum atomic E-state index is -1.99. The molecule has 79 heavy (non-hydrogen) atoms. The summed E-state index contributed by atoms with van der Waals surface area (Å²) in [4.78, 5) is 33.3. The number of aliphatic hydroxyl groups excluding tert-OH is 3. The van der Waals surface area contributed by atoms with E-state index in [0.717, 1.165) is 30.6 Å². The zero-order valence-electron chi connectivity index (χ0n) is 51.6. The second-order valence-corrected chi connectivity index (χ2v) is 28.5. The highest BCUT2D eigenvalue weighted by Gasteiger charge is 2.54. The van der Waals surface area contributed by atoms with Crippen LogP contribution in [0, 0.1) is 41.4 Å². The molecule has 1 amide bonds. The van der Waals surface area contributed by atoms with Crippen LogP contribution in [0.1, 0.15) is 223 Å². The van der Waals surface area contributed by atoms with Gasteiger partial charge in [-0.1, -0.05) is 104 Å². The number of hydrogen-bond donors (Lipinski definition) is 5. The van der Waals surface area contributed by atoms with Crippen molar-refractivity contribution in [1.82, 2.24) is 9.80 Å². The maximum Gasteiger partial charge on any atom is 0.311 e. The van der Waals surface area contributed by atoms with Crippen molar-refractivity contribution in [3.8, 4) is 0 Å². The number of rotatable bonds is 17. The second-order valence-electron chi connectivity index (χ2n) is 27.5. The number of esters is 1. The van der Waals surface area contributed by atoms with Crippen LogP contribution in [0.4, 0.5) is 0 Å². The molecule has 6 aliphatic rings. The lowest BCUT2D eigenvalue weighted by Crippen LogP contribution is -2.60. The molecule has 20 atom stereocenters. The summed E-state index contributed by atoms with van der Waals surface area (Å²) in [5.74, 6) is -0.228. The van der Waals surface area contributed by atoms with E-state index in [1.807, 2.05) is 39.8 Å². The summed E-state index contributed by atoms with van der Waals surface area (Å²) in [6.45, 7) is 17.7. The molecule has 3 aliphatic heterocycles. The number of amides is 1. The predicted octanol–water partition coefficient (Wildman–Crippen LogP) is 9.72. The second kappa shape index (κ2) is 29.3. The van der Waals surface area contributed by atoms with Crippen molar-refractivity contribution < 1.29 is 63.5 Å². The molecule has 3 aliphatic carbocycles. The normalized spacial score (nSPS) is 41.3.